The number of hydrogen-bond acceptors (Lipinski definition) is 5. The van der Waals surface area contributed by atoms with Crippen LogP contribution >= 0.6 is 0 Å². The molecule has 1 saturated heterocycles. The van der Waals surface area contributed by atoms with Gasteiger partial charge in [-0.25, -0.2) is 13.1 Å². The van der Waals surface area contributed by atoms with Crippen molar-refractivity contribution in [3.05, 3.63) is 23.8 Å². The molecule has 148 valence electrons. The highest BCUT2D eigenvalue weighted by molar-refractivity contribution is 7.89. The minimum absolute atomic E-state index is 0.0328. The molecule has 2 heterocycles. The SMILES string of the molecule is CCN1CCN(C(=O)CCNS(=O)(=O)c2ccc3c(c2)CC(=O)N3C)CC1. The van der Waals surface area contributed by atoms with Crippen LogP contribution in [0.25, 0.3) is 0 Å². The summed E-state index contributed by atoms with van der Waals surface area (Å²) in [6, 6.07) is 4.67. The zero-order valence-electron chi connectivity index (χ0n) is 15.8. The summed E-state index contributed by atoms with van der Waals surface area (Å²) in [7, 11) is -2.04. The number of benzene rings is 1. The molecule has 0 radical (unpaired) electrons. The number of hydrogen-bond donors (Lipinski definition) is 1. The molecule has 0 spiro atoms. The number of anilines is 1. The van der Waals surface area contributed by atoms with Gasteiger partial charge in [-0.3, -0.25) is 9.59 Å². The molecule has 0 unspecified atom stereocenters. The summed E-state index contributed by atoms with van der Waals surface area (Å²) in [5.74, 6) is -0.0871. The van der Waals surface area contributed by atoms with E-state index < -0.39 is 10.0 Å². The summed E-state index contributed by atoms with van der Waals surface area (Å²) in [4.78, 5) is 29.7. The number of rotatable bonds is 6. The summed E-state index contributed by atoms with van der Waals surface area (Å²) in [5, 5.41) is 0. The van der Waals surface area contributed by atoms with Gasteiger partial charge in [0.1, 0.15) is 0 Å². The van der Waals surface area contributed by atoms with E-state index in [0.717, 1.165) is 25.3 Å². The van der Waals surface area contributed by atoms with Crippen molar-refractivity contribution in [1.29, 1.82) is 0 Å². The summed E-state index contributed by atoms with van der Waals surface area (Å²) in [6.07, 6.45) is 0.342. The predicted octanol–water partition coefficient (Wildman–Crippen LogP) is 0.0380. The lowest BCUT2D eigenvalue weighted by Gasteiger charge is -2.34. The summed E-state index contributed by atoms with van der Waals surface area (Å²) >= 11 is 0. The lowest BCUT2D eigenvalue weighted by Crippen LogP contribution is -2.49. The summed E-state index contributed by atoms with van der Waals surface area (Å²) < 4.78 is 27.5. The van der Waals surface area contributed by atoms with Crippen LogP contribution in [-0.2, 0) is 26.0 Å². The summed E-state index contributed by atoms with van der Waals surface area (Å²) in [5.41, 5.74) is 1.44. The van der Waals surface area contributed by atoms with Crippen molar-refractivity contribution in [3.8, 4) is 0 Å². The Morgan fingerprint density at radius 2 is 1.89 bits per heavy atom. The quantitative estimate of drug-likeness (QED) is 0.736. The van der Waals surface area contributed by atoms with Crippen LogP contribution in [0.3, 0.4) is 0 Å². The Morgan fingerprint density at radius 1 is 1.19 bits per heavy atom. The first-order valence-electron chi connectivity index (χ1n) is 9.21. The lowest BCUT2D eigenvalue weighted by molar-refractivity contribution is -0.132. The normalized spacial score (nSPS) is 18.1. The molecule has 27 heavy (non-hydrogen) atoms. The third-order valence-electron chi connectivity index (χ3n) is 5.24. The van der Waals surface area contributed by atoms with Gasteiger partial charge in [-0.2, -0.15) is 0 Å². The molecule has 3 rings (SSSR count). The van der Waals surface area contributed by atoms with E-state index in [-0.39, 0.29) is 36.1 Å². The highest BCUT2D eigenvalue weighted by Gasteiger charge is 2.26. The van der Waals surface area contributed by atoms with Crippen molar-refractivity contribution in [3.63, 3.8) is 0 Å². The molecular weight excluding hydrogens is 368 g/mol. The Morgan fingerprint density at radius 3 is 2.56 bits per heavy atom. The highest BCUT2D eigenvalue weighted by atomic mass is 32.2. The maximum Gasteiger partial charge on any atom is 0.240 e. The van der Waals surface area contributed by atoms with E-state index in [9.17, 15) is 18.0 Å². The maximum atomic E-state index is 12.5. The van der Waals surface area contributed by atoms with Gasteiger partial charge in [0.25, 0.3) is 0 Å². The molecule has 0 atom stereocenters. The topological polar surface area (TPSA) is 90.0 Å². The number of carbonyl (C=O) groups is 2. The molecule has 8 nitrogen and oxygen atoms in total. The maximum absolute atomic E-state index is 12.5. The van der Waals surface area contributed by atoms with E-state index in [1.807, 2.05) is 0 Å². The highest BCUT2D eigenvalue weighted by Crippen LogP contribution is 2.29. The van der Waals surface area contributed by atoms with Gasteiger partial charge in [0.05, 0.1) is 11.3 Å². The third kappa shape index (κ3) is 4.31. The molecule has 0 saturated carbocycles. The Balaban J connectivity index is 1.54. The first-order valence-corrected chi connectivity index (χ1v) is 10.7. The van der Waals surface area contributed by atoms with Gasteiger partial charge in [-0.1, -0.05) is 6.92 Å². The number of amides is 2. The van der Waals surface area contributed by atoms with Gasteiger partial charge < -0.3 is 14.7 Å². The van der Waals surface area contributed by atoms with Crippen molar-refractivity contribution in [2.24, 2.45) is 0 Å². The minimum Gasteiger partial charge on any atom is -0.340 e. The number of nitrogens with one attached hydrogen (secondary N) is 1. The molecule has 1 aromatic rings. The van der Waals surface area contributed by atoms with Gasteiger partial charge in [0, 0.05) is 51.9 Å². The fourth-order valence-corrected chi connectivity index (χ4v) is 4.54. The average Bonchev–Trinajstić information content (AvgIpc) is 2.95. The Labute approximate surface area is 160 Å². The second kappa shape index (κ2) is 7.95. The van der Waals surface area contributed by atoms with Gasteiger partial charge in [-0.15, -0.1) is 0 Å². The molecule has 0 aromatic heterocycles. The second-order valence-corrected chi connectivity index (χ2v) is 8.65. The Kier molecular flexibility index (Phi) is 5.83. The van der Waals surface area contributed by atoms with Crippen molar-refractivity contribution in [2.45, 2.75) is 24.7 Å². The molecule has 1 aromatic carbocycles. The number of fused-ring (bicyclic) bond motifs is 1. The van der Waals surface area contributed by atoms with Crippen LogP contribution in [0.15, 0.2) is 23.1 Å². The van der Waals surface area contributed by atoms with Crippen LogP contribution in [0.1, 0.15) is 18.9 Å². The Hall–Kier alpha value is -1.97. The van der Waals surface area contributed by atoms with Gasteiger partial charge in [0.2, 0.25) is 21.8 Å². The first-order chi connectivity index (χ1) is 12.8. The number of sulfonamides is 1. The van der Waals surface area contributed by atoms with E-state index >= 15 is 0 Å². The fraction of sp³-hybridized carbons (Fsp3) is 0.556. The first kappa shape index (κ1) is 19.8. The van der Waals surface area contributed by atoms with E-state index in [1.165, 1.54) is 17.0 Å². The molecule has 2 aliphatic heterocycles. The van der Waals surface area contributed by atoms with Crippen LogP contribution in [0.4, 0.5) is 5.69 Å². The van der Waals surface area contributed by atoms with Crippen molar-refractivity contribution in [1.82, 2.24) is 14.5 Å². The van der Waals surface area contributed by atoms with Gasteiger partial charge in [0.15, 0.2) is 0 Å². The van der Waals surface area contributed by atoms with Gasteiger partial charge in [-0.05, 0) is 30.3 Å². The third-order valence-corrected chi connectivity index (χ3v) is 6.70. The average molecular weight is 394 g/mol. The Bertz CT molecular complexity index is 832. The van der Waals surface area contributed by atoms with Crippen molar-refractivity contribution in [2.75, 3.05) is 51.2 Å². The van der Waals surface area contributed by atoms with Crippen LogP contribution in [0.5, 0.6) is 0 Å². The monoisotopic (exact) mass is 394 g/mol. The molecule has 1 N–H and O–H groups in total. The van der Waals surface area contributed by atoms with E-state index in [2.05, 4.69) is 16.5 Å². The molecule has 0 bridgehead atoms. The molecular formula is C18H26N4O4S. The molecule has 1 fully saturated rings. The molecule has 2 amide bonds. The minimum atomic E-state index is -3.71. The van der Waals surface area contributed by atoms with Crippen LogP contribution < -0.4 is 9.62 Å². The number of likely N-dealkylation sites (N-methyl/N-ethyl adjacent to an activating group) is 2. The lowest BCUT2D eigenvalue weighted by atomic mass is 10.2. The predicted molar refractivity (Wildman–Crippen MR) is 102 cm³/mol. The van der Waals surface area contributed by atoms with Crippen molar-refractivity contribution < 1.29 is 18.0 Å². The van der Waals surface area contributed by atoms with E-state index in [0.29, 0.717) is 18.7 Å². The zero-order chi connectivity index (χ0) is 19.6. The zero-order valence-corrected chi connectivity index (χ0v) is 16.6. The standard InChI is InChI=1S/C18H26N4O4S/c1-3-21-8-10-22(11-9-21)17(23)6-7-19-27(25,26)15-4-5-16-14(12-15)13-18(24)20(16)2/h4-5,12,19H,3,6-11,13H2,1-2H3. The molecule has 2 aliphatic rings. The van der Waals surface area contributed by atoms with E-state index in [4.69, 9.17) is 0 Å². The van der Waals surface area contributed by atoms with Crippen LogP contribution in [-0.4, -0.2) is 76.3 Å². The number of nitrogens with zero attached hydrogens (tertiary/aromatic N) is 3. The molecule has 9 heteroatoms. The summed E-state index contributed by atoms with van der Waals surface area (Å²) in [6.45, 7) is 6.22. The van der Waals surface area contributed by atoms with Crippen LogP contribution in [0, 0.1) is 0 Å². The number of piperazine rings is 1. The van der Waals surface area contributed by atoms with E-state index in [1.54, 1.807) is 18.0 Å². The molecule has 0 aliphatic carbocycles. The fourth-order valence-electron chi connectivity index (χ4n) is 3.46. The van der Waals surface area contributed by atoms with Crippen LogP contribution in [0.2, 0.25) is 0 Å². The number of carbonyl (C=O) groups excluding carboxylic acids is 2. The second-order valence-electron chi connectivity index (χ2n) is 6.88. The largest absolute Gasteiger partial charge is 0.340 e. The smallest absolute Gasteiger partial charge is 0.240 e. The van der Waals surface area contributed by atoms with Crippen molar-refractivity contribution >= 4 is 27.5 Å². The van der Waals surface area contributed by atoms with Gasteiger partial charge >= 0.3 is 0 Å².